The summed E-state index contributed by atoms with van der Waals surface area (Å²) < 4.78 is 21.5. The number of fused-ring (bicyclic) bond motifs is 6. The lowest BCUT2D eigenvalue weighted by Crippen LogP contribution is -2.47. The first kappa shape index (κ1) is 46.4. The number of esters is 2. The Hall–Kier alpha value is -6.70. The molecule has 0 unspecified atom stereocenters. The van der Waals surface area contributed by atoms with Gasteiger partial charge in [0.1, 0.15) is 36.5 Å². The van der Waals surface area contributed by atoms with Gasteiger partial charge >= 0.3 is 30.1 Å². The minimum atomic E-state index is -1.34. The van der Waals surface area contributed by atoms with E-state index in [4.69, 9.17) is 24.1 Å². The maximum atomic E-state index is 12.6. The van der Waals surface area contributed by atoms with E-state index < -0.39 is 59.8 Å². The quantitative estimate of drug-likeness (QED) is 0.0951. The predicted molar refractivity (Wildman–Crippen MR) is 231 cm³/mol. The second kappa shape index (κ2) is 19.8. The molecule has 328 valence electrons. The van der Waals surface area contributed by atoms with Crippen molar-refractivity contribution in [1.29, 1.82) is 0 Å². The monoisotopic (exact) mass is 849 g/mol. The molecule has 0 aromatic heterocycles. The summed E-state index contributed by atoms with van der Waals surface area (Å²) in [5.74, 6) is -3.27. The van der Waals surface area contributed by atoms with Gasteiger partial charge in [-0.25, -0.2) is 19.2 Å². The Kier molecular flexibility index (Phi) is 14.8. The predicted octanol–water partition coefficient (Wildman–Crippen LogP) is 7.42. The van der Waals surface area contributed by atoms with Crippen LogP contribution in [0.15, 0.2) is 97.1 Å². The molecule has 2 aliphatic rings. The molecular weight excluding hydrogens is 795 g/mol. The average molecular weight is 850 g/mol. The van der Waals surface area contributed by atoms with E-state index in [1.807, 2.05) is 84.9 Å². The molecule has 0 saturated carbocycles. The first-order chi connectivity index (χ1) is 29.2. The number of hydrogen-bond acceptors (Lipinski definition) is 10. The van der Waals surface area contributed by atoms with Crippen LogP contribution in [0.1, 0.15) is 88.5 Å². The van der Waals surface area contributed by atoms with Crippen LogP contribution in [0.2, 0.25) is 0 Å². The van der Waals surface area contributed by atoms with Crippen molar-refractivity contribution < 1.29 is 52.8 Å². The second-order valence-electron chi connectivity index (χ2n) is 17.2. The van der Waals surface area contributed by atoms with Crippen molar-refractivity contribution in [2.45, 2.75) is 89.5 Å². The van der Waals surface area contributed by atoms with Gasteiger partial charge in [0.2, 0.25) is 5.91 Å². The second-order valence-corrected chi connectivity index (χ2v) is 17.2. The fraction of sp³-hybridized carbons (Fsp3) is 0.375. The lowest BCUT2D eigenvalue weighted by molar-refractivity contribution is -0.160. The Morgan fingerprint density at radius 2 is 0.855 bits per heavy atom. The van der Waals surface area contributed by atoms with Crippen molar-refractivity contribution in [3.05, 3.63) is 119 Å². The van der Waals surface area contributed by atoms with Crippen molar-refractivity contribution in [1.82, 2.24) is 15.5 Å². The Balaban J connectivity index is 0.000000235. The number of carbonyl (C=O) groups excluding carboxylic acids is 5. The molecule has 6 rings (SSSR count). The molecule has 2 aliphatic carbocycles. The van der Waals surface area contributed by atoms with E-state index in [2.05, 4.69) is 22.8 Å². The van der Waals surface area contributed by atoms with Crippen molar-refractivity contribution in [3.8, 4) is 22.3 Å². The lowest BCUT2D eigenvalue weighted by Gasteiger charge is -2.25. The van der Waals surface area contributed by atoms with Crippen LogP contribution in [0.25, 0.3) is 22.3 Å². The molecule has 4 aromatic rings. The van der Waals surface area contributed by atoms with Crippen molar-refractivity contribution in [2.24, 2.45) is 0 Å². The van der Waals surface area contributed by atoms with Gasteiger partial charge in [-0.2, -0.15) is 0 Å². The van der Waals surface area contributed by atoms with Crippen LogP contribution in [-0.2, 0) is 38.1 Å². The number of carboxylic acids is 1. The van der Waals surface area contributed by atoms with Gasteiger partial charge in [0, 0.05) is 25.9 Å². The summed E-state index contributed by atoms with van der Waals surface area (Å²) in [7, 11) is 3.17. The standard InChI is InChI=1S/C25H30N2O5.C23H25NO6/c1-25(2,3)32-23(29)21(14-22(28)27(4)5)26-24(30)31-15-20-18-12-8-6-10-16(18)17-11-7-9-13-19(17)20;1-23(2,3)30-21(27)19(12-20(25)26)24-22(28)29-13-18-16-10-6-4-8-14(16)15-9-5-7-11-17(15)18/h6-13,20-21H,14-15H2,1-5H3,(H,26,30);4-11,18-19H,12-13H2,1-3H3,(H,24,28)(H,25,26)/t21-;19-/m00/s1. The van der Waals surface area contributed by atoms with Crippen LogP contribution in [0.5, 0.6) is 0 Å². The Morgan fingerprint density at radius 3 is 1.15 bits per heavy atom. The minimum absolute atomic E-state index is 0.0635. The molecule has 3 N–H and O–H groups in total. The molecule has 0 saturated heterocycles. The fourth-order valence-corrected chi connectivity index (χ4v) is 7.23. The maximum absolute atomic E-state index is 12.6. The van der Waals surface area contributed by atoms with Gasteiger partial charge < -0.3 is 39.6 Å². The third-order valence-electron chi connectivity index (χ3n) is 9.91. The van der Waals surface area contributed by atoms with Gasteiger partial charge in [-0.3, -0.25) is 9.59 Å². The lowest BCUT2D eigenvalue weighted by atomic mass is 9.98. The first-order valence-corrected chi connectivity index (χ1v) is 20.3. The number of nitrogens with zero attached hydrogens (tertiary/aromatic N) is 1. The molecule has 0 spiro atoms. The normalized spacial score (nSPS) is 13.6. The van der Waals surface area contributed by atoms with Crippen molar-refractivity contribution >= 4 is 36.0 Å². The zero-order chi connectivity index (χ0) is 45.4. The van der Waals surface area contributed by atoms with Crippen molar-refractivity contribution in [2.75, 3.05) is 27.3 Å². The zero-order valence-electron chi connectivity index (χ0n) is 36.4. The summed E-state index contributed by atoms with van der Waals surface area (Å²) in [6, 6.07) is 29.4. The number of hydrogen-bond donors (Lipinski definition) is 3. The van der Waals surface area contributed by atoms with E-state index >= 15 is 0 Å². The number of ether oxygens (including phenoxy) is 4. The summed E-state index contributed by atoms with van der Waals surface area (Å²) in [5, 5.41) is 13.9. The van der Waals surface area contributed by atoms with Gasteiger partial charge in [-0.05, 0) is 86.1 Å². The molecular formula is C48H55N3O11. The highest BCUT2D eigenvalue weighted by atomic mass is 16.6. The molecule has 0 bridgehead atoms. The summed E-state index contributed by atoms with van der Waals surface area (Å²) in [6.07, 6.45) is -2.45. The highest BCUT2D eigenvalue weighted by Gasteiger charge is 2.34. The summed E-state index contributed by atoms with van der Waals surface area (Å²) >= 11 is 0. The number of nitrogens with one attached hydrogen (secondary N) is 2. The molecule has 4 aromatic carbocycles. The van der Waals surface area contributed by atoms with Crippen LogP contribution < -0.4 is 10.6 Å². The van der Waals surface area contributed by atoms with Crippen LogP contribution in [0.4, 0.5) is 9.59 Å². The number of alkyl carbamates (subject to hydrolysis) is 2. The molecule has 14 heteroatoms. The van der Waals surface area contributed by atoms with Gasteiger partial charge in [0.15, 0.2) is 0 Å². The third kappa shape index (κ3) is 12.2. The van der Waals surface area contributed by atoms with Gasteiger partial charge in [0.25, 0.3) is 0 Å². The third-order valence-corrected chi connectivity index (χ3v) is 9.91. The maximum Gasteiger partial charge on any atom is 0.407 e. The molecule has 62 heavy (non-hydrogen) atoms. The number of amides is 3. The average Bonchev–Trinajstić information content (AvgIpc) is 3.69. The SMILES string of the molecule is CC(C)(C)OC(=O)[C@H](CC(=O)O)NC(=O)OCC1c2ccccc2-c2ccccc21.CN(C)C(=O)C[C@H](NC(=O)OCC1c2ccccc2-c2ccccc21)C(=O)OC(C)(C)C. The first-order valence-electron chi connectivity index (χ1n) is 20.3. The van der Waals surface area contributed by atoms with Crippen LogP contribution in [0, 0.1) is 0 Å². The molecule has 2 atom stereocenters. The smallest absolute Gasteiger partial charge is 0.407 e. The van der Waals surface area contributed by atoms with Crippen LogP contribution >= 0.6 is 0 Å². The molecule has 0 aliphatic heterocycles. The number of carbonyl (C=O) groups is 6. The Bertz CT molecular complexity index is 2200. The summed E-state index contributed by atoms with van der Waals surface area (Å²) in [6.45, 7) is 10.3. The number of rotatable bonds is 12. The topological polar surface area (TPSA) is 187 Å². The molecule has 0 radical (unpaired) electrons. The van der Waals surface area contributed by atoms with Crippen LogP contribution in [0.3, 0.4) is 0 Å². The van der Waals surface area contributed by atoms with E-state index in [1.54, 1.807) is 55.6 Å². The fourth-order valence-electron chi connectivity index (χ4n) is 7.23. The van der Waals surface area contributed by atoms with E-state index in [9.17, 15) is 28.8 Å². The number of aliphatic carboxylic acids is 1. The summed E-state index contributed by atoms with van der Waals surface area (Å²) in [5.41, 5.74) is 7.18. The minimum Gasteiger partial charge on any atom is -0.481 e. The summed E-state index contributed by atoms with van der Waals surface area (Å²) in [4.78, 5) is 74.4. The number of benzene rings is 4. The van der Waals surface area contributed by atoms with E-state index in [-0.39, 0.29) is 37.4 Å². The van der Waals surface area contributed by atoms with Crippen molar-refractivity contribution in [3.63, 3.8) is 0 Å². The highest BCUT2D eigenvalue weighted by Crippen LogP contribution is 2.45. The Morgan fingerprint density at radius 1 is 0.548 bits per heavy atom. The van der Waals surface area contributed by atoms with E-state index in [0.717, 1.165) is 44.5 Å². The largest absolute Gasteiger partial charge is 0.481 e. The highest BCUT2D eigenvalue weighted by molar-refractivity contribution is 5.88. The van der Waals surface area contributed by atoms with Gasteiger partial charge in [-0.15, -0.1) is 0 Å². The van der Waals surface area contributed by atoms with Gasteiger partial charge in [-0.1, -0.05) is 97.1 Å². The molecule has 0 fully saturated rings. The zero-order valence-corrected chi connectivity index (χ0v) is 36.4. The molecule has 14 nitrogen and oxygen atoms in total. The molecule has 3 amide bonds. The van der Waals surface area contributed by atoms with Gasteiger partial charge in [0.05, 0.1) is 12.8 Å². The van der Waals surface area contributed by atoms with Crippen LogP contribution in [-0.4, -0.2) is 96.6 Å². The molecule has 0 heterocycles. The van der Waals surface area contributed by atoms with E-state index in [1.165, 1.54) is 4.90 Å². The Labute approximate surface area is 361 Å². The number of carboxylic acid groups (broad SMARTS) is 1. The van der Waals surface area contributed by atoms with E-state index in [0.29, 0.717) is 0 Å².